The van der Waals surface area contributed by atoms with Gasteiger partial charge < -0.3 is 20.1 Å². The third kappa shape index (κ3) is 5.26. The summed E-state index contributed by atoms with van der Waals surface area (Å²) in [6.45, 7) is 5.55. The molecule has 0 aromatic heterocycles. The number of hydrogen-bond donors (Lipinski definition) is 2. The Morgan fingerprint density at radius 2 is 1.80 bits per heavy atom. The first-order valence-electron chi connectivity index (χ1n) is 9.40. The predicted octanol–water partition coefficient (Wildman–Crippen LogP) is 5.15. The number of carbonyl (C=O) groups excluding carboxylic acids is 2. The third-order valence-electron chi connectivity index (χ3n) is 4.43. The molecule has 2 amide bonds. The molecule has 1 atom stereocenters. The molecule has 0 bridgehead atoms. The molecule has 8 heteroatoms. The molecular formula is C22H22Cl2N2O4. The van der Waals surface area contributed by atoms with E-state index in [1.54, 1.807) is 57.2 Å². The quantitative estimate of drug-likeness (QED) is 0.598. The van der Waals surface area contributed by atoms with E-state index >= 15 is 0 Å². The van der Waals surface area contributed by atoms with Crippen molar-refractivity contribution in [1.82, 2.24) is 10.6 Å². The summed E-state index contributed by atoms with van der Waals surface area (Å²) in [7, 11) is 0. The average Bonchev–Trinajstić information content (AvgIpc) is 2.68. The zero-order valence-corrected chi connectivity index (χ0v) is 18.3. The number of esters is 1. The van der Waals surface area contributed by atoms with E-state index in [0.29, 0.717) is 33.7 Å². The third-order valence-corrected chi connectivity index (χ3v) is 5.17. The van der Waals surface area contributed by atoms with Crippen LogP contribution < -0.4 is 15.4 Å². The first-order valence-corrected chi connectivity index (χ1v) is 10.2. The van der Waals surface area contributed by atoms with Crippen LogP contribution in [0.25, 0.3) is 0 Å². The Morgan fingerprint density at radius 1 is 1.10 bits per heavy atom. The summed E-state index contributed by atoms with van der Waals surface area (Å²) in [4.78, 5) is 24.5. The second-order valence-corrected chi connectivity index (χ2v) is 7.94. The fourth-order valence-electron chi connectivity index (χ4n) is 3.04. The molecule has 0 saturated carbocycles. The second-order valence-electron chi connectivity index (χ2n) is 7.13. The van der Waals surface area contributed by atoms with Crippen molar-refractivity contribution in [1.29, 1.82) is 0 Å². The van der Waals surface area contributed by atoms with Gasteiger partial charge in [-0.3, -0.25) is 0 Å². The summed E-state index contributed by atoms with van der Waals surface area (Å²) < 4.78 is 11.1. The Balaban J connectivity index is 1.76. The van der Waals surface area contributed by atoms with Crippen LogP contribution >= 0.6 is 23.2 Å². The summed E-state index contributed by atoms with van der Waals surface area (Å²) in [5.41, 5.74) is 2.46. The van der Waals surface area contributed by atoms with Gasteiger partial charge in [-0.1, -0.05) is 41.4 Å². The molecule has 0 aliphatic carbocycles. The molecule has 1 heterocycles. The van der Waals surface area contributed by atoms with E-state index in [1.807, 2.05) is 6.07 Å². The van der Waals surface area contributed by atoms with Gasteiger partial charge in [-0.15, -0.1) is 0 Å². The number of carbonyl (C=O) groups is 2. The van der Waals surface area contributed by atoms with Crippen molar-refractivity contribution in [2.75, 3.05) is 0 Å². The lowest BCUT2D eigenvalue weighted by Crippen LogP contribution is -2.45. The molecule has 0 spiro atoms. The number of nitrogens with one attached hydrogen (secondary N) is 2. The fraction of sp³-hybridized carbons (Fsp3) is 0.273. The van der Waals surface area contributed by atoms with Crippen LogP contribution in [0.2, 0.25) is 10.0 Å². The number of allylic oxidation sites excluding steroid dienone is 1. The molecule has 0 radical (unpaired) electrons. The maximum absolute atomic E-state index is 12.6. The summed E-state index contributed by atoms with van der Waals surface area (Å²) >= 11 is 12.0. The molecule has 30 heavy (non-hydrogen) atoms. The van der Waals surface area contributed by atoms with Crippen LogP contribution in [0.5, 0.6) is 5.75 Å². The zero-order chi connectivity index (χ0) is 21.8. The van der Waals surface area contributed by atoms with Gasteiger partial charge in [0, 0.05) is 5.70 Å². The van der Waals surface area contributed by atoms with Crippen molar-refractivity contribution in [3.8, 4) is 5.75 Å². The van der Waals surface area contributed by atoms with E-state index in [4.69, 9.17) is 32.7 Å². The largest absolute Gasteiger partial charge is 0.489 e. The highest BCUT2D eigenvalue weighted by atomic mass is 35.5. The fourth-order valence-corrected chi connectivity index (χ4v) is 3.37. The van der Waals surface area contributed by atoms with Gasteiger partial charge in [0.15, 0.2) is 0 Å². The lowest BCUT2D eigenvalue weighted by molar-refractivity contribution is -0.143. The Morgan fingerprint density at radius 3 is 2.43 bits per heavy atom. The van der Waals surface area contributed by atoms with Gasteiger partial charge >= 0.3 is 12.0 Å². The molecule has 0 fully saturated rings. The minimum Gasteiger partial charge on any atom is -0.489 e. The van der Waals surface area contributed by atoms with Crippen LogP contribution in [0.3, 0.4) is 0 Å². The Hall–Kier alpha value is -2.70. The summed E-state index contributed by atoms with van der Waals surface area (Å²) in [5, 5.41) is 6.36. The molecule has 2 aromatic rings. The molecule has 2 N–H and O–H groups in total. The van der Waals surface area contributed by atoms with E-state index < -0.39 is 12.0 Å². The summed E-state index contributed by atoms with van der Waals surface area (Å²) in [6, 6.07) is 11.5. The first-order chi connectivity index (χ1) is 14.2. The van der Waals surface area contributed by atoms with Crippen LogP contribution in [-0.4, -0.2) is 18.1 Å². The van der Waals surface area contributed by atoms with E-state index in [0.717, 1.165) is 11.1 Å². The standard InChI is InChI=1S/C22H22Cl2N2O4/c1-12(2)30-21(27)19-13(3)25-22(28)26-20(19)15-5-7-16(8-6-15)29-11-14-4-9-17(23)18(24)10-14/h4-10,12,20H,11H2,1-3H3,(H2,25,26,28). The van der Waals surface area contributed by atoms with Crippen molar-refractivity contribution < 1.29 is 19.1 Å². The summed E-state index contributed by atoms with van der Waals surface area (Å²) in [6.07, 6.45) is -0.270. The molecule has 0 saturated heterocycles. The number of hydrogen-bond acceptors (Lipinski definition) is 4. The average molecular weight is 449 g/mol. The van der Waals surface area contributed by atoms with Crippen LogP contribution in [0, 0.1) is 0 Å². The topological polar surface area (TPSA) is 76.7 Å². The van der Waals surface area contributed by atoms with Gasteiger partial charge in [0.25, 0.3) is 0 Å². The van der Waals surface area contributed by atoms with Crippen molar-refractivity contribution in [2.45, 2.75) is 39.5 Å². The maximum atomic E-state index is 12.6. The number of halogens is 2. The maximum Gasteiger partial charge on any atom is 0.338 e. The van der Waals surface area contributed by atoms with Crippen LogP contribution in [0.1, 0.15) is 37.9 Å². The van der Waals surface area contributed by atoms with Crippen molar-refractivity contribution >= 4 is 35.2 Å². The van der Waals surface area contributed by atoms with Gasteiger partial charge in [0.2, 0.25) is 0 Å². The molecule has 1 aliphatic rings. The predicted molar refractivity (Wildman–Crippen MR) is 116 cm³/mol. The van der Waals surface area contributed by atoms with E-state index in [1.165, 1.54) is 0 Å². The molecule has 2 aromatic carbocycles. The number of amides is 2. The minimum atomic E-state index is -0.617. The molecule has 158 valence electrons. The normalized spacial score (nSPS) is 16.2. The molecule has 1 unspecified atom stereocenters. The lowest BCUT2D eigenvalue weighted by atomic mass is 9.95. The number of rotatable bonds is 6. The van der Waals surface area contributed by atoms with Crippen LogP contribution in [-0.2, 0) is 16.1 Å². The molecule has 6 nitrogen and oxygen atoms in total. The highest BCUT2D eigenvalue weighted by Gasteiger charge is 2.32. The van der Waals surface area contributed by atoms with E-state index in [2.05, 4.69) is 10.6 Å². The van der Waals surface area contributed by atoms with Gasteiger partial charge in [0.05, 0.1) is 27.8 Å². The minimum absolute atomic E-state index is 0.270. The monoisotopic (exact) mass is 448 g/mol. The van der Waals surface area contributed by atoms with Gasteiger partial charge in [-0.2, -0.15) is 0 Å². The summed E-state index contributed by atoms with van der Waals surface area (Å²) in [5.74, 6) is 0.164. The Labute approximate surface area is 185 Å². The van der Waals surface area contributed by atoms with Crippen LogP contribution in [0.4, 0.5) is 4.79 Å². The van der Waals surface area contributed by atoms with Gasteiger partial charge in [-0.05, 0) is 56.2 Å². The van der Waals surface area contributed by atoms with E-state index in [-0.39, 0.29) is 12.1 Å². The van der Waals surface area contributed by atoms with Crippen molar-refractivity contribution in [3.05, 3.63) is 74.9 Å². The smallest absolute Gasteiger partial charge is 0.338 e. The van der Waals surface area contributed by atoms with E-state index in [9.17, 15) is 9.59 Å². The van der Waals surface area contributed by atoms with Crippen molar-refractivity contribution in [3.63, 3.8) is 0 Å². The second kappa shape index (κ2) is 9.41. The molecular weight excluding hydrogens is 427 g/mol. The Bertz CT molecular complexity index is 987. The molecule has 3 rings (SSSR count). The zero-order valence-electron chi connectivity index (χ0n) is 16.8. The van der Waals surface area contributed by atoms with Gasteiger partial charge in [0.1, 0.15) is 12.4 Å². The number of ether oxygens (including phenoxy) is 2. The van der Waals surface area contributed by atoms with Crippen LogP contribution in [0.15, 0.2) is 53.7 Å². The van der Waals surface area contributed by atoms with Crippen molar-refractivity contribution in [2.24, 2.45) is 0 Å². The highest BCUT2D eigenvalue weighted by molar-refractivity contribution is 6.42. The first kappa shape index (κ1) is 22.0. The number of urea groups is 1. The number of benzene rings is 2. The lowest BCUT2D eigenvalue weighted by Gasteiger charge is -2.28. The highest BCUT2D eigenvalue weighted by Crippen LogP contribution is 2.29. The Kier molecular flexibility index (Phi) is 6.90. The van der Waals surface area contributed by atoms with Gasteiger partial charge in [-0.25, -0.2) is 9.59 Å². The SMILES string of the molecule is CC1=C(C(=O)OC(C)C)C(c2ccc(OCc3ccc(Cl)c(Cl)c3)cc2)NC(=O)N1. The molecule has 1 aliphatic heterocycles.